The summed E-state index contributed by atoms with van der Waals surface area (Å²) < 4.78 is 20.4. The van der Waals surface area contributed by atoms with E-state index in [1.807, 2.05) is 12.1 Å². The Morgan fingerprint density at radius 2 is 1.74 bits per heavy atom. The Morgan fingerprint density at radius 1 is 1.06 bits per heavy atom. The number of benzene rings is 2. The Balaban J connectivity index is 1.93. The maximum atomic E-state index is 13.5. The molecule has 1 heterocycles. The smallest absolute Gasteiger partial charge is 0.308 e. The van der Waals surface area contributed by atoms with Gasteiger partial charge in [-0.3, -0.25) is 4.79 Å². The van der Waals surface area contributed by atoms with Crippen LogP contribution in [0.15, 0.2) is 48.5 Å². The van der Waals surface area contributed by atoms with Gasteiger partial charge in [-0.2, -0.15) is 0 Å². The number of hydrogen-bond donors (Lipinski definition) is 2. The van der Waals surface area contributed by atoms with Crippen molar-refractivity contribution in [3.8, 4) is 11.1 Å². The number of aromatic nitrogens is 1. The highest BCUT2D eigenvalue weighted by Crippen LogP contribution is 2.38. The molecule has 2 aromatic carbocycles. The number of hydrogen-bond acceptors (Lipinski definition) is 4. The number of ether oxygens (including phenoxy) is 1. The van der Waals surface area contributed by atoms with Crippen molar-refractivity contribution in [3.05, 3.63) is 60.0 Å². The Kier molecular flexibility index (Phi) is 7.46. The highest BCUT2D eigenvalue weighted by atomic mass is 19.1. The Labute approximate surface area is 182 Å². The summed E-state index contributed by atoms with van der Waals surface area (Å²) in [5, 5.41) is 21.6. The first-order valence-electron chi connectivity index (χ1n) is 10.6. The third-order valence-corrected chi connectivity index (χ3v) is 5.55. The first kappa shape index (κ1) is 23.0. The number of nitrogens with zero attached hydrogens (tertiary/aromatic N) is 1. The van der Waals surface area contributed by atoms with Crippen LogP contribution < -0.4 is 0 Å². The van der Waals surface area contributed by atoms with E-state index in [9.17, 15) is 19.4 Å². The molecule has 0 fully saturated rings. The van der Waals surface area contributed by atoms with Crippen LogP contribution in [0.5, 0.6) is 0 Å². The van der Waals surface area contributed by atoms with Gasteiger partial charge in [-0.15, -0.1) is 0 Å². The summed E-state index contributed by atoms with van der Waals surface area (Å²) >= 11 is 0. The summed E-state index contributed by atoms with van der Waals surface area (Å²) in [6, 6.07) is 14.8. The van der Waals surface area contributed by atoms with E-state index in [0.717, 1.165) is 27.7 Å². The molecule has 0 aliphatic heterocycles. The number of carbonyl (C=O) groups is 1. The van der Waals surface area contributed by atoms with Gasteiger partial charge in [-0.1, -0.05) is 30.3 Å². The lowest BCUT2D eigenvalue weighted by Crippen LogP contribution is -2.22. The van der Waals surface area contributed by atoms with Crippen LogP contribution in [0.1, 0.15) is 44.8 Å². The summed E-state index contributed by atoms with van der Waals surface area (Å²) in [6.45, 7) is 4.22. The van der Waals surface area contributed by atoms with Crippen molar-refractivity contribution >= 4 is 16.9 Å². The van der Waals surface area contributed by atoms with Gasteiger partial charge in [0.15, 0.2) is 0 Å². The number of para-hydroxylation sites is 1. The monoisotopic (exact) mass is 427 g/mol. The van der Waals surface area contributed by atoms with Gasteiger partial charge >= 0.3 is 5.97 Å². The number of aliphatic hydroxyl groups excluding tert-OH is 2. The molecule has 0 amide bonds. The number of methoxy groups -OCH3 is 1. The fourth-order valence-electron chi connectivity index (χ4n) is 4.18. The zero-order valence-corrected chi connectivity index (χ0v) is 18.2. The molecule has 0 aliphatic carbocycles. The van der Waals surface area contributed by atoms with Crippen LogP contribution in [0, 0.1) is 5.82 Å². The molecule has 166 valence electrons. The largest absolute Gasteiger partial charge is 0.469 e. The molecule has 1 aromatic heterocycles. The lowest BCUT2D eigenvalue weighted by atomic mass is 9.97. The van der Waals surface area contributed by atoms with Gasteiger partial charge in [0.2, 0.25) is 0 Å². The van der Waals surface area contributed by atoms with E-state index < -0.39 is 18.2 Å². The number of esters is 1. The fraction of sp³-hybridized carbons (Fsp3) is 0.400. The van der Waals surface area contributed by atoms with Crippen molar-refractivity contribution in [2.75, 3.05) is 7.11 Å². The van der Waals surface area contributed by atoms with E-state index in [1.165, 1.54) is 19.2 Å². The van der Waals surface area contributed by atoms with Crippen molar-refractivity contribution in [1.29, 1.82) is 0 Å². The van der Waals surface area contributed by atoms with Crippen LogP contribution in [-0.4, -0.2) is 40.1 Å². The molecule has 3 aromatic rings. The Bertz CT molecular complexity index is 1030. The summed E-state index contributed by atoms with van der Waals surface area (Å²) in [7, 11) is 1.27. The molecular weight excluding hydrogens is 397 g/mol. The number of rotatable bonds is 9. The van der Waals surface area contributed by atoms with Crippen LogP contribution in [0.2, 0.25) is 0 Å². The van der Waals surface area contributed by atoms with Crippen LogP contribution in [0.25, 0.3) is 22.0 Å². The standard InChI is InChI=1S/C25H30FNO4/c1-16(2)27-22-7-5-4-6-21(22)25(17-8-10-18(26)11-9-17)23(27)13-12-19(28)14-20(29)15-24(30)31-3/h4-11,16,19-20,28-29H,12-15H2,1-3H3/t19-,20+/m0/s1. The van der Waals surface area contributed by atoms with E-state index >= 15 is 0 Å². The highest BCUT2D eigenvalue weighted by Gasteiger charge is 2.22. The minimum atomic E-state index is -0.949. The quantitative estimate of drug-likeness (QED) is 0.488. The minimum Gasteiger partial charge on any atom is -0.469 e. The molecule has 0 spiro atoms. The Hall–Kier alpha value is -2.70. The second kappa shape index (κ2) is 10.1. The lowest BCUT2D eigenvalue weighted by molar-refractivity contribution is -0.143. The summed E-state index contributed by atoms with van der Waals surface area (Å²) in [5.74, 6) is -0.786. The number of fused-ring (bicyclic) bond motifs is 1. The average Bonchev–Trinajstić information content (AvgIpc) is 3.07. The predicted octanol–water partition coefficient (Wildman–Crippen LogP) is 4.64. The molecular formula is C25H30FNO4. The maximum Gasteiger partial charge on any atom is 0.308 e. The first-order chi connectivity index (χ1) is 14.8. The average molecular weight is 428 g/mol. The van der Waals surface area contributed by atoms with Crippen molar-refractivity contribution in [3.63, 3.8) is 0 Å². The third-order valence-electron chi connectivity index (χ3n) is 5.55. The molecule has 5 nitrogen and oxygen atoms in total. The van der Waals surface area contributed by atoms with Crippen LogP contribution in [0.4, 0.5) is 4.39 Å². The molecule has 0 radical (unpaired) electrons. The third kappa shape index (κ3) is 5.32. The van der Waals surface area contributed by atoms with E-state index in [1.54, 1.807) is 12.1 Å². The minimum absolute atomic E-state index is 0.100. The first-order valence-corrected chi connectivity index (χ1v) is 10.6. The van der Waals surface area contributed by atoms with E-state index in [2.05, 4.69) is 35.3 Å². The van der Waals surface area contributed by atoms with Gasteiger partial charge in [0.05, 0.1) is 25.7 Å². The molecule has 0 bridgehead atoms. The van der Waals surface area contributed by atoms with Gasteiger partial charge in [0, 0.05) is 28.2 Å². The molecule has 6 heteroatoms. The van der Waals surface area contributed by atoms with Crippen molar-refractivity contribution in [1.82, 2.24) is 4.57 Å². The molecule has 2 N–H and O–H groups in total. The van der Waals surface area contributed by atoms with Crippen LogP contribution >= 0.6 is 0 Å². The SMILES string of the molecule is COC(=O)C[C@H](O)C[C@@H](O)CCc1c(-c2ccc(F)cc2)c2ccccc2n1C(C)C. The molecule has 0 aliphatic rings. The van der Waals surface area contributed by atoms with Crippen LogP contribution in [0.3, 0.4) is 0 Å². The van der Waals surface area contributed by atoms with E-state index in [0.29, 0.717) is 12.8 Å². The molecule has 3 rings (SSSR count). The highest BCUT2D eigenvalue weighted by molar-refractivity contribution is 5.98. The topological polar surface area (TPSA) is 71.7 Å². The zero-order valence-electron chi connectivity index (χ0n) is 18.2. The van der Waals surface area contributed by atoms with Gasteiger partial charge < -0.3 is 19.5 Å². The number of halogens is 1. The fourth-order valence-corrected chi connectivity index (χ4v) is 4.18. The molecule has 0 unspecified atom stereocenters. The zero-order chi connectivity index (χ0) is 22.5. The van der Waals surface area contributed by atoms with Crippen molar-refractivity contribution in [2.24, 2.45) is 0 Å². The summed E-state index contributed by atoms with van der Waals surface area (Å²) in [5.41, 5.74) is 4.11. The van der Waals surface area contributed by atoms with E-state index in [-0.39, 0.29) is 24.7 Å². The van der Waals surface area contributed by atoms with Crippen molar-refractivity contribution in [2.45, 2.75) is 57.8 Å². The van der Waals surface area contributed by atoms with E-state index in [4.69, 9.17) is 0 Å². The van der Waals surface area contributed by atoms with Gasteiger partial charge in [-0.25, -0.2) is 4.39 Å². The number of carbonyl (C=O) groups excluding carboxylic acids is 1. The second-order valence-electron chi connectivity index (χ2n) is 8.17. The summed E-state index contributed by atoms with van der Waals surface area (Å²) in [6.07, 6.45) is -0.751. The number of aliphatic hydroxyl groups is 2. The van der Waals surface area contributed by atoms with Crippen LogP contribution in [-0.2, 0) is 16.0 Å². The molecule has 31 heavy (non-hydrogen) atoms. The van der Waals surface area contributed by atoms with Gasteiger partial charge in [0.25, 0.3) is 0 Å². The maximum absolute atomic E-state index is 13.5. The molecule has 0 saturated heterocycles. The summed E-state index contributed by atoms with van der Waals surface area (Å²) in [4.78, 5) is 11.3. The Morgan fingerprint density at radius 3 is 2.39 bits per heavy atom. The predicted molar refractivity (Wildman–Crippen MR) is 119 cm³/mol. The second-order valence-corrected chi connectivity index (χ2v) is 8.17. The van der Waals surface area contributed by atoms with Crippen molar-refractivity contribution < 1.29 is 24.1 Å². The molecule has 0 saturated carbocycles. The lowest BCUT2D eigenvalue weighted by Gasteiger charge is -2.19. The van der Waals surface area contributed by atoms with Gasteiger partial charge in [-0.05, 0) is 56.9 Å². The molecule has 2 atom stereocenters. The normalized spacial score (nSPS) is 13.5. The van der Waals surface area contributed by atoms with Gasteiger partial charge in [0.1, 0.15) is 5.82 Å².